The molecule has 3 rings (SSSR count). The van der Waals surface area contributed by atoms with Crippen LogP contribution in [0.4, 0.5) is 0 Å². The van der Waals surface area contributed by atoms with E-state index in [0.717, 1.165) is 44.1 Å². The second-order valence-corrected chi connectivity index (χ2v) is 4.60. The fourth-order valence-corrected chi connectivity index (χ4v) is 2.41. The van der Waals surface area contributed by atoms with Crippen LogP contribution in [0.25, 0.3) is 11.0 Å². The van der Waals surface area contributed by atoms with Crippen LogP contribution in [0.5, 0.6) is 0 Å². The molecule has 4 nitrogen and oxygen atoms in total. The molecule has 2 aromatic rings. The molecule has 0 aliphatic carbocycles. The van der Waals surface area contributed by atoms with Gasteiger partial charge in [-0.3, -0.25) is 4.90 Å². The summed E-state index contributed by atoms with van der Waals surface area (Å²) in [6, 6.07) is 8.32. The third kappa shape index (κ3) is 2.51. The van der Waals surface area contributed by atoms with Gasteiger partial charge in [-0.1, -0.05) is 12.1 Å². The Labute approximate surface area is 113 Å². The van der Waals surface area contributed by atoms with Gasteiger partial charge in [-0.2, -0.15) is 0 Å². The topological polar surface area (TPSA) is 33.1 Å². The van der Waals surface area contributed by atoms with Crippen molar-refractivity contribution in [2.24, 2.45) is 7.05 Å². The highest BCUT2D eigenvalue weighted by Crippen LogP contribution is 2.15. The van der Waals surface area contributed by atoms with Crippen LogP contribution >= 0.6 is 12.4 Å². The summed E-state index contributed by atoms with van der Waals surface area (Å²) >= 11 is 0. The Hall–Kier alpha value is -1.10. The van der Waals surface area contributed by atoms with E-state index in [1.54, 1.807) is 0 Å². The summed E-state index contributed by atoms with van der Waals surface area (Å²) in [6.45, 7) is 5.35. The minimum Gasteiger partial charge on any atom is -0.330 e. The van der Waals surface area contributed by atoms with Gasteiger partial charge in [0.15, 0.2) is 0 Å². The number of piperazine rings is 1. The molecule has 2 heterocycles. The van der Waals surface area contributed by atoms with Crippen molar-refractivity contribution in [1.82, 2.24) is 19.8 Å². The molecule has 1 aliphatic heterocycles. The first-order chi connectivity index (χ1) is 8.34. The predicted molar refractivity (Wildman–Crippen MR) is 76.1 cm³/mol. The van der Waals surface area contributed by atoms with Gasteiger partial charge in [0.1, 0.15) is 5.82 Å². The molecule has 1 aliphatic rings. The van der Waals surface area contributed by atoms with Crippen LogP contribution < -0.4 is 5.32 Å². The quantitative estimate of drug-likeness (QED) is 0.892. The monoisotopic (exact) mass is 266 g/mol. The van der Waals surface area contributed by atoms with E-state index in [1.165, 1.54) is 5.52 Å². The zero-order chi connectivity index (χ0) is 11.7. The lowest BCUT2D eigenvalue weighted by atomic mass is 10.3. The lowest BCUT2D eigenvalue weighted by Gasteiger charge is -2.26. The first-order valence-electron chi connectivity index (χ1n) is 6.18. The van der Waals surface area contributed by atoms with Crippen LogP contribution in [-0.2, 0) is 13.6 Å². The number of hydrogen-bond acceptors (Lipinski definition) is 3. The maximum absolute atomic E-state index is 4.71. The largest absolute Gasteiger partial charge is 0.330 e. The SMILES string of the molecule is Cl.Cn1c(CN2CCNCC2)nc2ccccc21. The van der Waals surface area contributed by atoms with Crippen molar-refractivity contribution < 1.29 is 0 Å². The van der Waals surface area contributed by atoms with E-state index in [9.17, 15) is 0 Å². The Morgan fingerprint density at radius 1 is 1.22 bits per heavy atom. The number of nitrogens with one attached hydrogen (secondary N) is 1. The summed E-state index contributed by atoms with van der Waals surface area (Å²) in [5.74, 6) is 1.16. The van der Waals surface area contributed by atoms with Crippen LogP contribution in [0.1, 0.15) is 5.82 Å². The van der Waals surface area contributed by atoms with E-state index < -0.39 is 0 Å². The van der Waals surface area contributed by atoms with Gasteiger partial charge in [0.2, 0.25) is 0 Å². The van der Waals surface area contributed by atoms with Gasteiger partial charge in [-0.05, 0) is 12.1 Å². The molecule has 1 fully saturated rings. The predicted octanol–water partition coefficient (Wildman–Crippen LogP) is 1.40. The van der Waals surface area contributed by atoms with Crippen LogP contribution in [0.2, 0.25) is 0 Å². The first kappa shape index (κ1) is 13.3. The Balaban J connectivity index is 0.00000120. The van der Waals surface area contributed by atoms with Crippen LogP contribution in [0.3, 0.4) is 0 Å². The molecule has 0 amide bonds. The normalized spacial score (nSPS) is 16.7. The van der Waals surface area contributed by atoms with Gasteiger partial charge in [0, 0.05) is 33.2 Å². The Kier molecular flexibility index (Phi) is 4.22. The lowest BCUT2D eigenvalue weighted by Crippen LogP contribution is -2.43. The number of rotatable bonds is 2. The van der Waals surface area contributed by atoms with Crippen molar-refractivity contribution >= 4 is 23.4 Å². The second kappa shape index (κ2) is 5.69. The molecular weight excluding hydrogens is 248 g/mol. The molecule has 0 atom stereocenters. The number of halogens is 1. The molecule has 18 heavy (non-hydrogen) atoms. The number of nitrogens with zero attached hydrogens (tertiary/aromatic N) is 3. The van der Waals surface area contributed by atoms with Gasteiger partial charge in [0.05, 0.1) is 17.6 Å². The average molecular weight is 267 g/mol. The van der Waals surface area contributed by atoms with Crippen molar-refractivity contribution in [3.63, 3.8) is 0 Å². The summed E-state index contributed by atoms with van der Waals surface area (Å²) in [6.07, 6.45) is 0. The molecule has 1 aromatic carbocycles. The zero-order valence-electron chi connectivity index (χ0n) is 10.6. The van der Waals surface area contributed by atoms with Crippen LogP contribution in [-0.4, -0.2) is 40.6 Å². The standard InChI is InChI=1S/C13H18N4.ClH/c1-16-12-5-3-2-4-11(12)15-13(16)10-17-8-6-14-7-9-17;/h2-5,14H,6-10H2,1H3;1H. The number of hydrogen-bond donors (Lipinski definition) is 1. The van der Waals surface area contributed by atoms with Crippen molar-refractivity contribution in [2.45, 2.75) is 6.54 Å². The number of aryl methyl sites for hydroxylation is 1. The fourth-order valence-electron chi connectivity index (χ4n) is 2.41. The lowest BCUT2D eigenvalue weighted by molar-refractivity contribution is 0.226. The van der Waals surface area contributed by atoms with E-state index in [4.69, 9.17) is 4.98 Å². The highest BCUT2D eigenvalue weighted by molar-refractivity contribution is 5.85. The van der Waals surface area contributed by atoms with Crippen molar-refractivity contribution in [3.8, 4) is 0 Å². The van der Waals surface area contributed by atoms with Gasteiger partial charge in [0.25, 0.3) is 0 Å². The van der Waals surface area contributed by atoms with Crippen molar-refractivity contribution in [2.75, 3.05) is 26.2 Å². The minimum atomic E-state index is 0. The summed E-state index contributed by atoms with van der Waals surface area (Å²) in [7, 11) is 2.10. The first-order valence-corrected chi connectivity index (χ1v) is 6.18. The molecule has 1 saturated heterocycles. The molecule has 1 aromatic heterocycles. The Morgan fingerprint density at radius 2 is 1.94 bits per heavy atom. The Bertz CT molecular complexity index is 517. The number of aromatic nitrogens is 2. The molecule has 0 spiro atoms. The van der Waals surface area contributed by atoms with Crippen LogP contribution in [0, 0.1) is 0 Å². The highest BCUT2D eigenvalue weighted by atomic mass is 35.5. The van der Waals surface area contributed by atoms with E-state index in [2.05, 4.69) is 40.0 Å². The van der Waals surface area contributed by atoms with E-state index in [-0.39, 0.29) is 12.4 Å². The molecule has 0 bridgehead atoms. The van der Waals surface area contributed by atoms with Gasteiger partial charge in [-0.15, -0.1) is 12.4 Å². The van der Waals surface area contributed by atoms with E-state index in [0.29, 0.717) is 0 Å². The number of fused-ring (bicyclic) bond motifs is 1. The van der Waals surface area contributed by atoms with Crippen molar-refractivity contribution in [1.29, 1.82) is 0 Å². The third-order valence-corrected chi connectivity index (χ3v) is 3.45. The fraction of sp³-hybridized carbons (Fsp3) is 0.462. The molecule has 0 saturated carbocycles. The molecule has 0 unspecified atom stereocenters. The van der Waals surface area contributed by atoms with Gasteiger partial charge in [-0.25, -0.2) is 4.98 Å². The summed E-state index contributed by atoms with van der Waals surface area (Å²) in [4.78, 5) is 7.16. The third-order valence-electron chi connectivity index (χ3n) is 3.45. The highest BCUT2D eigenvalue weighted by Gasteiger charge is 2.13. The zero-order valence-corrected chi connectivity index (χ0v) is 11.4. The van der Waals surface area contributed by atoms with Crippen LogP contribution in [0.15, 0.2) is 24.3 Å². The second-order valence-electron chi connectivity index (χ2n) is 4.60. The summed E-state index contributed by atoms with van der Waals surface area (Å²) in [5.41, 5.74) is 2.32. The molecule has 98 valence electrons. The number of imidazole rings is 1. The molecule has 1 N–H and O–H groups in total. The van der Waals surface area contributed by atoms with Gasteiger partial charge >= 0.3 is 0 Å². The number of benzene rings is 1. The molecule has 0 radical (unpaired) electrons. The Morgan fingerprint density at radius 3 is 2.67 bits per heavy atom. The average Bonchev–Trinajstić information content (AvgIpc) is 2.68. The summed E-state index contributed by atoms with van der Waals surface area (Å²) < 4.78 is 2.21. The minimum absolute atomic E-state index is 0. The number of para-hydroxylation sites is 2. The van der Waals surface area contributed by atoms with E-state index >= 15 is 0 Å². The smallest absolute Gasteiger partial charge is 0.123 e. The maximum Gasteiger partial charge on any atom is 0.123 e. The maximum atomic E-state index is 4.71. The summed E-state index contributed by atoms with van der Waals surface area (Å²) in [5, 5.41) is 3.37. The van der Waals surface area contributed by atoms with Gasteiger partial charge < -0.3 is 9.88 Å². The van der Waals surface area contributed by atoms with Crippen molar-refractivity contribution in [3.05, 3.63) is 30.1 Å². The molecule has 5 heteroatoms. The molecular formula is C13H19ClN4. The van der Waals surface area contributed by atoms with E-state index in [1.807, 2.05) is 6.07 Å².